The van der Waals surface area contributed by atoms with Gasteiger partial charge in [-0.15, -0.1) is 0 Å². The van der Waals surface area contributed by atoms with Gasteiger partial charge in [0.05, 0.1) is 0 Å². The summed E-state index contributed by atoms with van der Waals surface area (Å²) in [6, 6.07) is 7.00. The van der Waals surface area contributed by atoms with Crippen molar-refractivity contribution in [3.05, 3.63) is 65.0 Å². The lowest BCUT2D eigenvalue weighted by atomic mass is 10.1. The number of likely N-dealkylation sites (N-methyl/N-ethyl adjacent to an activating group) is 1. The average Bonchev–Trinajstić information content (AvgIpc) is 2.70. The molecule has 0 fully saturated rings. The molecule has 2 aromatic rings. The molecule has 0 amide bonds. The van der Waals surface area contributed by atoms with Crippen LogP contribution in [0.15, 0.2) is 35.2 Å². The van der Waals surface area contributed by atoms with Gasteiger partial charge in [-0.05, 0) is 39.2 Å². The van der Waals surface area contributed by atoms with E-state index in [1.807, 2.05) is 0 Å². The van der Waals surface area contributed by atoms with E-state index in [2.05, 4.69) is 0 Å². The van der Waals surface area contributed by atoms with Crippen molar-refractivity contribution < 1.29 is 39.9 Å². The van der Waals surface area contributed by atoms with Crippen molar-refractivity contribution in [2.75, 3.05) is 7.05 Å². The van der Waals surface area contributed by atoms with Gasteiger partial charge in [-0.2, -0.15) is 4.31 Å². The molecular formula is C21H22F5NO4S. The first-order valence-corrected chi connectivity index (χ1v) is 10.9. The highest BCUT2D eigenvalue weighted by atomic mass is 32.2. The smallest absolute Gasteiger partial charge is 0.324 e. The fraction of sp³-hybridized carbons (Fsp3) is 0.381. The van der Waals surface area contributed by atoms with E-state index in [1.54, 1.807) is 30.3 Å². The molecule has 0 spiro atoms. The van der Waals surface area contributed by atoms with Gasteiger partial charge < -0.3 is 4.74 Å². The van der Waals surface area contributed by atoms with E-state index in [0.29, 0.717) is 0 Å². The Balaban J connectivity index is 2.52. The van der Waals surface area contributed by atoms with Gasteiger partial charge in [-0.1, -0.05) is 30.3 Å². The zero-order chi connectivity index (χ0) is 24.4. The fourth-order valence-electron chi connectivity index (χ4n) is 2.89. The number of ether oxygens (including phenoxy) is 1. The summed E-state index contributed by atoms with van der Waals surface area (Å²) in [4.78, 5) is 10.7. The van der Waals surface area contributed by atoms with Crippen LogP contribution in [0.1, 0.15) is 32.8 Å². The van der Waals surface area contributed by atoms with Crippen LogP contribution in [0.3, 0.4) is 0 Å². The van der Waals surface area contributed by atoms with Gasteiger partial charge in [-0.25, -0.2) is 30.4 Å². The molecular weight excluding hydrogens is 457 g/mol. The number of carbonyl (C=O) groups is 1. The summed E-state index contributed by atoms with van der Waals surface area (Å²) in [6.45, 7) is 4.58. The van der Waals surface area contributed by atoms with Gasteiger partial charge >= 0.3 is 5.97 Å². The Morgan fingerprint density at radius 1 is 0.938 bits per heavy atom. The van der Waals surface area contributed by atoms with Crippen molar-refractivity contribution in [3.63, 3.8) is 0 Å². The van der Waals surface area contributed by atoms with Crippen molar-refractivity contribution in [1.29, 1.82) is 0 Å². The quantitative estimate of drug-likeness (QED) is 0.257. The number of hydrogen-bond donors (Lipinski definition) is 0. The summed E-state index contributed by atoms with van der Waals surface area (Å²) in [7, 11) is -4.52. The number of rotatable bonds is 7. The number of esters is 1. The summed E-state index contributed by atoms with van der Waals surface area (Å²) in [5.41, 5.74) is -0.305. The number of carbonyl (C=O) groups excluding carboxylic acids is 1. The van der Waals surface area contributed by atoms with Crippen molar-refractivity contribution in [1.82, 2.24) is 4.31 Å². The molecule has 5 nitrogen and oxygen atoms in total. The molecule has 1 atom stereocenters. The highest BCUT2D eigenvalue weighted by Gasteiger charge is 2.41. The van der Waals surface area contributed by atoms with E-state index in [9.17, 15) is 35.2 Å². The number of halogens is 5. The number of nitrogens with zero attached hydrogens (tertiary/aromatic N) is 1. The number of aryl methyl sites for hydroxylation is 1. The summed E-state index contributed by atoms with van der Waals surface area (Å²) in [6.07, 6.45) is -0.00817. The molecule has 32 heavy (non-hydrogen) atoms. The molecule has 0 bridgehead atoms. The van der Waals surface area contributed by atoms with Crippen molar-refractivity contribution in [3.8, 4) is 0 Å². The Morgan fingerprint density at radius 2 is 1.41 bits per heavy atom. The Bertz CT molecular complexity index is 1070. The van der Waals surface area contributed by atoms with Gasteiger partial charge in [0, 0.05) is 7.05 Å². The standard InChI is InChI=1S/C21H22F5NO4S/c1-21(2,3)31-20(28)13(11-10-12-8-6-5-7-9-12)27(4)32(29,30)19-17(25)15(23)14(22)16(24)18(19)26/h5-9,13H,10-11H2,1-4H3/t13-/m0/s1. The van der Waals surface area contributed by atoms with Crippen molar-refractivity contribution in [2.45, 2.75) is 50.2 Å². The van der Waals surface area contributed by atoms with Gasteiger partial charge in [0.1, 0.15) is 11.6 Å². The normalized spacial score (nSPS) is 13.3. The first kappa shape index (κ1) is 25.7. The minimum absolute atomic E-state index is 0.168. The number of sulfonamides is 1. The summed E-state index contributed by atoms with van der Waals surface area (Å²) >= 11 is 0. The van der Waals surface area contributed by atoms with Crippen LogP contribution in [-0.2, 0) is 26.0 Å². The Kier molecular flexibility index (Phi) is 7.67. The predicted molar refractivity (Wildman–Crippen MR) is 106 cm³/mol. The zero-order valence-electron chi connectivity index (χ0n) is 17.8. The topological polar surface area (TPSA) is 63.7 Å². The molecule has 0 saturated heterocycles. The maximum absolute atomic E-state index is 14.2. The molecule has 0 aliphatic carbocycles. The third-order valence-electron chi connectivity index (χ3n) is 4.47. The minimum atomic E-state index is -5.33. The van der Waals surface area contributed by atoms with E-state index < -0.39 is 61.6 Å². The second-order valence-electron chi connectivity index (χ2n) is 7.99. The Hall–Kier alpha value is -2.53. The van der Waals surface area contributed by atoms with Crippen LogP contribution in [0.2, 0.25) is 0 Å². The van der Waals surface area contributed by atoms with Crippen LogP contribution >= 0.6 is 0 Å². The van der Waals surface area contributed by atoms with E-state index in [4.69, 9.17) is 4.74 Å². The van der Waals surface area contributed by atoms with Crippen molar-refractivity contribution in [2.24, 2.45) is 0 Å². The molecule has 176 valence electrons. The molecule has 0 saturated carbocycles. The second-order valence-corrected chi connectivity index (χ2v) is 9.93. The average molecular weight is 479 g/mol. The molecule has 0 unspecified atom stereocenters. The molecule has 0 N–H and O–H groups in total. The number of hydrogen-bond acceptors (Lipinski definition) is 4. The summed E-state index contributed by atoms with van der Waals surface area (Å²) in [5.74, 6) is -13.4. The molecule has 2 rings (SSSR count). The molecule has 0 aliphatic heterocycles. The third-order valence-corrected chi connectivity index (χ3v) is 6.36. The minimum Gasteiger partial charge on any atom is -0.459 e. The van der Waals surface area contributed by atoms with Crippen LogP contribution in [-0.4, -0.2) is 37.4 Å². The maximum Gasteiger partial charge on any atom is 0.324 e. The van der Waals surface area contributed by atoms with E-state index in [0.717, 1.165) is 12.6 Å². The molecule has 0 aliphatic rings. The fourth-order valence-corrected chi connectivity index (χ4v) is 4.34. The highest BCUT2D eigenvalue weighted by Crippen LogP contribution is 2.30. The zero-order valence-corrected chi connectivity index (χ0v) is 18.6. The SMILES string of the molecule is CN([C@@H](CCc1ccccc1)C(=O)OC(C)(C)C)S(=O)(=O)c1c(F)c(F)c(F)c(F)c1F. The second kappa shape index (κ2) is 9.53. The monoisotopic (exact) mass is 479 g/mol. The number of benzene rings is 2. The van der Waals surface area contributed by atoms with E-state index in [-0.39, 0.29) is 17.1 Å². The van der Waals surface area contributed by atoms with Crippen LogP contribution in [0.25, 0.3) is 0 Å². The predicted octanol–water partition coefficient (Wildman–Crippen LogP) is 4.35. The largest absolute Gasteiger partial charge is 0.459 e. The summed E-state index contributed by atoms with van der Waals surface area (Å²) < 4.78 is 100. The van der Waals surface area contributed by atoms with Gasteiger partial charge in [0.25, 0.3) is 0 Å². The Labute approximate surface area is 182 Å². The lowest BCUT2D eigenvalue weighted by molar-refractivity contribution is -0.159. The van der Waals surface area contributed by atoms with Crippen LogP contribution in [0, 0.1) is 29.1 Å². The molecule has 11 heteroatoms. The van der Waals surface area contributed by atoms with E-state index in [1.165, 1.54) is 20.8 Å². The lowest BCUT2D eigenvalue weighted by Crippen LogP contribution is -2.46. The van der Waals surface area contributed by atoms with Gasteiger partial charge in [0.15, 0.2) is 28.2 Å². The van der Waals surface area contributed by atoms with E-state index >= 15 is 0 Å². The molecule has 0 aromatic heterocycles. The Morgan fingerprint density at radius 3 is 1.88 bits per heavy atom. The maximum atomic E-state index is 14.2. The van der Waals surface area contributed by atoms with Crippen LogP contribution in [0.4, 0.5) is 22.0 Å². The summed E-state index contributed by atoms with van der Waals surface area (Å²) in [5, 5.41) is 0. The first-order chi connectivity index (χ1) is 14.7. The highest BCUT2D eigenvalue weighted by molar-refractivity contribution is 7.89. The molecule has 0 radical (unpaired) electrons. The first-order valence-electron chi connectivity index (χ1n) is 9.44. The molecule has 0 heterocycles. The lowest BCUT2D eigenvalue weighted by Gasteiger charge is -2.29. The van der Waals surface area contributed by atoms with Crippen LogP contribution in [0.5, 0.6) is 0 Å². The van der Waals surface area contributed by atoms with Gasteiger partial charge in [-0.3, -0.25) is 4.79 Å². The van der Waals surface area contributed by atoms with Crippen molar-refractivity contribution >= 4 is 16.0 Å². The molecule has 2 aromatic carbocycles. The van der Waals surface area contributed by atoms with Gasteiger partial charge in [0.2, 0.25) is 15.8 Å². The third kappa shape index (κ3) is 5.44. The van der Waals surface area contributed by atoms with Crippen LogP contribution < -0.4 is 0 Å².